The van der Waals surface area contributed by atoms with Crippen molar-refractivity contribution >= 4 is 5.91 Å². The number of benzene rings is 1. The number of ether oxygens (including phenoxy) is 2. The van der Waals surface area contributed by atoms with Crippen LogP contribution in [-0.2, 0) is 0 Å². The molecule has 5 nitrogen and oxygen atoms in total. The molecule has 0 aliphatic heterocycles. The molecule has 0 aromatic heterocycles. The Bertz CT molecular complexity index is 421. The molecule has 0 saturated carbocycles. The highest BCUT2D eigenvalue weighted by Crippen LogP contribution is 2.27. The molecule has 1 rings (SSSR count). The quantitative estimate of drug-likeness (QED) is 0.785. The minimum Gasteiger partial charge on any atom is -0.493 e. The predicted molar refractivity (Wildman–Crippen MR) is 74.8 cm³/mol. The van der Waals surface area contributed by atoms with Gasteiger partial charge in [0, 0.05) is 18.2 Å². The van der Waals surface area contributed by atoms with Crippen LogP contribution < -0.4 is 20.5 Å². The first kappa shape index (κ1) is 15.3. The Morgan fingerprint density at radius 1 is 1.32 bits per heavy atom. The summed E-state index contributed by atoms with van der Waals surface area (Å²) in [5, 5.41) is 2.84. The van der Waals surface area contributed by atoms with E-state index in [4.69, 9.17) is 15.2 Å². The van der Waals surface area contributed by atoms with Crippen molar-refractivity contribution in [2.24, 2.45) is 5.73 Å². The number of amides is 1. The van der Waals surface area contributed by atoms with Crippen molar-refractivity contribution in [1.29, 1.82) is 0 Å². The van der Waals surface area contributed by atoms with Crippen LogP contribution in [0.3, 0.4) is 0 Å². The number of carbonyl (C=O) groups excluding carboxylic acids is 1. The molecular formula is C14H22N2O3. The van der Waals surface area contributed by atoms with Gasteiger partial charge in [-0.05, 0) is 31.0 Å². The molecule has 1 atom stereocenters. The van der Waals surface area contributed by atoms with E-state index < -0.39 is 0 Å². The molecule has 1 aromatic rings. The monoisotopic (exact) mass is 266 g/mol. The lowest BCUT2D eigenvalue weighted by molar-refractivity contribution is 0.0952. The Kier molecular flexibility index (Phi) is 6.15. The summed E-state index contributed by atoms with van der Waals surface area (Å²) in [6.45, 7) is 2.60. The lowest BCUT2D eigenvalue weighted by atomic mass is 10.1. The van der Waals surface area contributed by atoms with Gasteiger partial charge >= 0.3 is 0 Å². The van der Waals surface area contributed by atoms with E-state index in [2.05, 4.69) is 5.32 Å². The Morgan fingerprint density at radius 2 is 2.00 bits per heavy atom. The maximum absolute atomic E-state index is 11.9. The van der Waals surface area contributed by atoms with Gasteiger partial charge in [-0.15, -0.1) is 0 Å². The van der Waals surface area contributed by atoms with Crippen LogP contribution in [0.15, 0.2) is 18.2 Å². The van der Waals surface area contributed by atoms with Gasteiger partial charge in [0.15, 0.2) is 11.5 Å². The molecule has 0 spiro atoms. The lowest BCUT2D eigenvalue weighted by Crippen LogP contribution is -2.30. The van der Waals surface area contributed by atoms with Crippen LogP contribution in [0, 0.1) is 0 Å². The standard InChI is InChI=1S/C14H22N2O3/c1-4-11(15)7-8-16-14(17)10-5-6-12(18-2)13(9-10)19-3/h5-6,9,11H,4,7-8,15H2,1-3H3,(H,16,17). The number of methoxy groups -OCH3 is 2. The van der Waals surface area contributed by atoms with Gasteiger partial charge in [-0.2, -0.15) is 0 Å². The third kappa shape index (κ3) is 4.44. The molecule has 0 aliphatic carbocycles. The summed E-state index contributed by atoms with van der Waals surface area (Å²) in [6.07, 6.45) is 1.68. The Morgan fingerprint density at radius 3 is 2.58 bits per heavy atom. The lowest BCUT2D eigenvalue weighted by Gasteiger charge is -2.11. The summed E-state index contributed by atoms with van der Waals surface area (Å²) < 4.78 is 10.3. The summed E-state index contributed by atoms with van der Waals surface area (Å²) in [5.41, 5.74) is 6.34. The van der Waals surface area contributed by atoms with Crippen molar-refractivity contribution in [3.63, 3.8) is 0 Å². The van der Waals surface area contributed by atoms with Gasteiger partial charge < -0.3 is 20.5 Å². The largest absolute Gasteiger partial charge is 0.493 e. The highest BCUT2D eigenvalue weighted by atomic mass is 16.5. The van der Waals surface area contributed by atoms with E-state index >= 15 is 0 Å². The average molecular weight is 266 g/mol. The fraction of sp³-hybridized carbons (Fsp3) is 0.500. The Balaban J connectivity index is 2.62. The summed E-state index contributed by atoms with van der Waals surface area (Å²) in [6, 6.07) is 5.21. The molecule has 106 valence electrons. The normalized spacial score (nSPS) is 11.8. The van der Waals surface area contributed by atoms with Gasteiger partial charge in [0.2, 0.25) is 0 Å². The Hall–Kier alpha value is -1.75. The zero-order valence-electron chi connectivity index (χ0n) is 11.7. The summed E-state index contributed by atoms with van der Waals surface area (Å²) in [5.74, 6) is 1.01. The SMILES string of the molecule is CCC(N)CCNC(=O)c1ccc(OC)c(OC)c1. The molecule has 1 unspecified atom stereocenters. The number of carbonyl (C=O) groups is 1. The molecule has 5 heteroatoms. The minimum absolute atomic E-state index is 0.130. The smallest absolute Gasteiger partial charge is 0.251 e. The molecule has 0 aliphatic rings. The second kappa shape index (κ2) is 7.63. The van der Waals surface area contributed by atoms with Gasteiger partial charge in [-0.25, -0.2) is 0 Å². The van der Waals surface area contributed by atoms with Crippen LogP contribution in [0.2, 0.25) is 0 Å². The van der Waals surface area contributed by atoms with Gasteiger partial charge in [0.05, 0.1) is 14.2 Å². The highest BCUT2D eigenvalue weighted by Gasteiger charge is 2.10. The van der Waals surface area contributed by atoms with Crippen LogP contribution in [0.4, 0.5) is 0 Å². The molecule has 0 saturated heterocycles. The fourth-order valence-corrected chi connectivity index (χ4v) is 1.65. The third-order valence-electron chi connectivity index (χ3n) is 2.97. The zero-order chi connectivity index (χ0) is 14.3. The molecule has 0 radical (unpaired) electrons. The molecule has 0 heterocycles. The van der Waals surface area contributed by atoms with Crippen molar-refractivity contribution in [3.05, 3.63) is 23.8 Å². The molecule has 1 amide bonds. The maximum Gasteiger partial charge on any atom is 0.251 e. The molecule has 0 fully saturated rings. The number of hydrogen-bond donors (Lipinski definition) is 2. The van der Waals surface area contributed by atoms with E-state index in [1.807, 2.05) is 6.92 Å². The first-order chi connectivity index (χ1) is 9.12. The van der Waals surface area contributed by atoms with Crippen molar-refractivity contribution in [3.8, 4) is 11.5 Å². The maximum atomic E-state index is 11.9. The minimum atomic E-state index is -0.135. The summed E-state index contributed by atoms with van der Waals surface area (Å²) in [4.78, 5) is 11.9. The third-order valence-corrected chi connectivity index (χ3v) is 2.97. The van der Waals surface area contributed by atoms with E-state index in [1.54, 1.807) is 32.4 Å². The number of nitrogens with one attached hydrogen (secondary N) is 1. The number of hydrogen-bond acceptors (Lipinski definition) is 4. The summed E-state index contributed by atoms with van der Waals surface area (Å²) >= 11 is 0. The van der Waals surface area contributed by atoms with Crippen molar-refractivity contribution in [2.75, 3.05) is 20.8 Å². The average Bonchev–Trinajstić information content (AvgIpc) is 2.45. The first-order valence-corrected chi connectivity index (χ1v) is 6.38. The fourth-order valence-electron chi connectivity index (χ4n) is 1.65. The van der Waals surface area contributed by atoms with Crippen LogP contribution in [0.1, 0.15) is 30.1 Å². The Labute approximate surface area is 114 Å². The van der Waals surface area contributed by atoms with Crippen molar-refractivity contribution in [2.45, 2.75) is 25.8 Å². The van der Waals surface area contributed by atoms with Gasteiger partial charge in [-0.1, -0.05) is 6.92 Å². The van der Waals surface area contributed by atoms with Crippen LogP contribution in [0.25, 0.3) is 0 Å². The van der Waals surface area contributed by atoms with Crippen LogP contribution >= 0.6 is 0 Å². The van der Waals surface area contributed by atoms with Crippen molar-refractivity contribution in [1.82, 2.24) is 5.32 Å². The van der Waals surface area contributed by atoms with Gasteiger partial charge in [0.1, 0.15) is 0 Å². The first-order valence-electron chi connectivity index (χ1n) is 6.38. The molecule has 1 aromatic carbocycles. The number of nitrogens with two attached hydrogens (primary N) is 1. The van der Waals surface area contributed by atoms with E-state index in [0.29, 0.717) is 23.6 Å². The van der Waals surface area contributed by atoms with Crippen LogP contribution in [0.5, 0.6) is 11.5 Å². The highest BCUT2D eigenvalue weighted by molar-refractivity contribution is 5.94. The van der Waals surface area contributed by atoms with Crippen molar-refractivity contribution < 1.29 is 14.3 Å². The van der Waals surface area contributed by atoms with E-state index in [-0.39, 0.29) is 11.9 Å². The molecule has 0 bridgehead atoms. The molecule has 3 N–H and O–H groups in total. The van der Waals surface area contributed by atoms with Gasteiger partial charge in [0.25, 0.3) is 5.91 Å². The topological polar surface area (TPSA) is 73.6 Å². The zero-order valence-corrected chi connectivity index (χ0v) is 11.7. The number of rotatable bonds is 7. The van der Waals surface area contributed by atoms with E-state index in [9.17, 15) is 4.79 Å². The molecular weight excluding hydrogens is 244 g/mol. The van der Waals surface area contributed by atoms with E-state index in [0.717, 1.165) is 12.8 Å². The van der Waals surface area contributed by atoms with E-state index in [1.165, 1.54) is 0 Å². The van der Waals surface area contributed by atoms with Crippen LogP contribution in [-0.4, -0.2) is 32.7 Å². The predicted octanol–water partition coefficient (Wildman–Crippen LogP) is 1.56. The second-order valence-electron chi connectivity index (χ2n) is 4.28. The van der Waals surface area contributed by atoms with Gasteiger partial charge in [-0.3, -0.25) is 4.79 Å². The summed E-state index contributed by atoms with van der Waals surface area (Å²) in [7, 11) is 3.10. The molecule has 19 heavy (non-hydrogen) atoms. The second-order valence-corrected chi connectivity index (χ2v) is 4.28.